The average Bonchev–Trinajstić information content (AvgIpc) is 3.75. The topological polar surface area (TPSA) is 32.3 Å². The van der Waals surface area contributed by atoms with Crippen LogP contribution in [0.4, 0.5) is 4.39 Å². The molecule has 236 valence electrons. The summed E-state index contributed by atoms with van der Waals surface area (Å²) < 4.78 is 13.5. The number of benzene rings is 1. The Morgan fingerprint density at radius 3 is 2.50 bits per heavy atom. The van der Waals surface area contributed by atoms with Crippen molar-refractivity contribution < 1.29 is 9.18 Å². The van der Waals surface area contributed by atoms with E-state index in [4.69, 9.17) is 0 Å². The first kappa shape index (κ1) is 33.6. The zero-order valence-corrected chi connectivity index (χ0v) is 27.3. The molecule has 2 atom stereocenters. The van der Waals surface area contributed by atoms with Gasteiger partial charge in [0.2, 0.25) is 0 Å². The van der Waals surface area contributed by atoms with Crippen molar-refractivity contribution in [3.05, 3.63) is 106 Å². The van der Waals surface area contributed by atoms with Gasteiger partial charge >= 0.3 is 0 Å². The second-order valence-electron chi connectivity index (χ2n) is 12.5. The highest BCUT2D eigenvalue weighted by Gasteiger charge is 2.44. The number of nitrogens with one attached hydrogen (secondary N) is 1. The molecule has 4 rings (SSSR count). The molecule has 4 heteroatoms. The number of hydrogen-bond acceptors (Lipinski definition) is 3. The largest absolute Gasteiger partial charge is 0.371 e. The Kier molecular flexibility index (Phi) is 13.2. The van der Waals surface area contributed by atoms with Crippen LogP contribution in [0.2, 0.25) is 0 Å². The number of nitrogens with zero attached hydrogens (tertiary/aromatic N) is 1. The van der Waals surface area contributed by atoms with Crippen LogP contribution >= 0.6 is 0 Å². The molecule has 0 unspecified atom stereocenters. The van der Waals surface area contributed by atoms with Crippen LogP contribution in [0.5, 0.6) is 0 Å². The molecule has 0 amide bonds. The van der Waals surface area contributed by atoms with E-state index in [0.717, 1.165) is 69.3 Å². The maximum absolute atomic E-state index is 13.5. The lowest BCUT2D eigenvalue weighted by molar-refractivity contribution is -0.117. The first-order chi connectivity index (χ1) is 21.4. The number of hydrogen-bond donors (Lipinski definition) is 1. The van der Waals surface area contributed by atoms with Crippen molar-refractivity contribution in [3.63, 3.8) is 0 Å². The number of Topliss-reactive ketones (excluding diaryl/α,β-unsaturated/α-hetero) is 1. The summed E-state index contributed by atoms with van der Waals surface area (Å²) in [6.45, 7) is 11.4. The minimum Gasteiger partial charge on any atom is -0.371 e. The predicted molar refractivity (Wildman–Crippen MR) is 186 cm³/mol. The van der Waals surface area contributed by atoms with Gasteiger partial charge in [0.15, 0.2) is 5.78 Å². The van der Waals surface area contributed by atoms with Gasteiger partial charge in [-0.15, -0.1) is 0 Å². The van der Waals surface area contributed by atoms with Gasteiger partial charge in [-0.25, -0.2) is 4.39 Å². The number of halogens is 1. The van der Waals surface area contributed by atoms with Gasteiger partial charge in [0.05, 0.1) is 5.92 Å². The first-order valence-corrected chi connectivity index (χ1v) is 17.0. The second kappa shape index (κ2) is 17.3. The molecule has 3 nitrogen and oxygen atoms in total. The molecule has 0 saturated heterocycles. The zero-order chi connectivity index (χ0) is 31.3. The van der Waals surface area contributed by atoms with Crippen LogP contribution < -0.4 is 5.32 Å². The van der Waals surface area contributed by atoms with Crippen LogP contribution in [0.15, 0.2) is 95.3 Å². The van der Waals surface area contributed by atoms with Crippen LogP contribution in [0, 0.1) is 5.92 Å². The van der Waals surface area contributed by atoms with Crippen molar-refractivity contribution in [1.29, 1.82) is 0 Å². The highest BCUT2D eigenvalue weighted by atomic mass is 19.1. The van der Waals surface area contributed by atoms with Crippen LogP contribution in [0.1, 0.15) is 95.6 Å². The zero-order valence-electron chi connectivity index (χ0n) is 27.3. The third-order valence-corrected chi connectivity index (χ3v) is 8.86. The van der Waals surface area contributed by atoms with E-state index in [2.05, 4.69) is 97.4 Å². The van der Waals surface area contributed by atoms with E-state index in [-0.39, 0.29) is 11.7 Å². The minimum absolute atomic E-state index is 0.0390. The fourth-order valence-electron chi connectivity index (χ4n) is 6.29. The molecule has 1 aliphatic heterocycles. The van der Waals surface area contributed by atoms with E-state index >= 15 is 0 Å². The van der Waals surface area contributed by atoms with Crippen molar-refractivity contribution in [2.75, 3.05) is 26.7 Å². The second-order valence-corrected chi connectivity index (χ2v) is 12.5. The molecule has 1 N–H and O–H groups in total. The summed E-state index contributed by atoms with van der Waals surface area (Å²) in [4.78, 5) is 15.1. The lowest BCUT2D eigenvalue weighted by Crippen LogP contribution is -2.29. The van der Waals surface area contributed by atoms with E-state index in [9.17, 15) is 9.18 Å². The molecule has 0 spiro atoms. The number of likely N-dealkylation sites (N-methyl/N-ethyl adjacent to an activating group) is 1. The van der Waals surface area contributed by atoms with Gasteiger partial charge in [-0.1, -0.05) is 93.5 Å². The van der Waals surface area contributed by atoms with E-state index in [1.165, 1.54) is 53.7 Å². The summed E-state index contributed by atoms with van der Waals surface area (Å²) in [6, 6.07) is 8.89. The number of alkyl halides is 1. The van der Waals surface area contributed by atoms with Crippen LogP contribution in [-0.2, 0) is 4.79 Å². The van der Waals surface area contributed by atoms with Gasteiger partial charge in [-0.2, -0.15) is 0 Å². The SMILES string of the molecule is C=C1CC=C(c2ccc(/C=C/CCC=C(CCC)CCC)cc2)C=C1/C(=C\CNC)N1CC/C=C(\C(=O)[C@@H]2C[C@@H]2F)CCC1. The maximum atomic E-state index is 13.5. The summed E-state index contributed by atoms with van der Waals surface area (Å²) in [5.41, 5.74) is 9.66. The maximum Gasteiger partial charge on any atom is 0.164 e. The van der Waals surface area contributed by atoms with Gasteiger partial charge < -0.3 is 10.2 Å². The molecule has 44 heavy (non-hydrogen) atoms. The van der Waals surface area contributed by atoms with E-state index < -0.39 is 6.17 Å². The fourth-order valence-corrected chi connectivity index (χ4v) is 6.29. The molecular formula is C40H53FN2O. The predicted octanol–water partition coefficient (Wildman–Crippen LogP) is 9.72. The number of unbranched alkanes of at least 4 members (excludes halogenated alkanes) is 1. The molecule has 1 heterocycles. The normalized spacial score (nSPS) is 22.1. The molecule has 3 aliphatic rings. The Hall–Kier alpha value is -3.24. The smallest absolute Gasteiger partial charge is 0.164 e. The minimum atomic E-state index is -0.928. The third kappa shape index (κ3) is 9.63. The van der Waals surface area contributed by atoms with Crippen LogP contribution in [0.3, 0.4) is 0 Å². The van der Waals surface area contributed by atoms with E-state index in [0.29, 0.717) is 6.42 Å². The molecule has 0 radical (unpaired) electrons. The molecule has 1 aromatic carbocycles. The number of ketones is 1. The number of carbonyl (C=O) groups excluding carboxylic acids is 1. The van der Waals surface area contributed by atoms with Gasteiger partial charge in [0, 0.05) is 30.9 Å². The van der Waals surface area contributed by atoms with E-state index in [1.54, 1.807) is 5.57 Å². The molecule has 1 saturated carbocycles. The number of rotatable bonds is 15. The molecule has 0 bridgehead atoms. The van der Waals surface area contributed by atoms with Gasteiger partial charge in [0.25, 0.3) is 0 Å². The quantitative estimate of drug-likeness (QED) is 0.162. The summed E-state index contributed by atoms with van der Waals surface area (Å²) >= 11 is 0. The Balaban J connectivity index is 1.42. The van der Waals surface area contributed by atoms with Crippen LogP contribution in [-0.4, -0.2) is 43.5 Å². The van der Waals surface area contributed by atoms with Crippen LogP contribution in [0.25, 0.3) is 11.6 Å². The lowest BCUT2D eigenvalue weighted by atomic mass is 9.88. The highest BCUT2D eigenvalue weighted by molar-refractivity contribution is 5.99. The van der Waals surface area contributed by atoms with Gasteiger partial charge in [-0.05, 0) is 105 Å². The molecule has 0 aromatic heterocycles. The van der Waals surface area contributed by atoms with Gasteiger partial charge in [-0.3, -0.25) is 4.79 Å². The summed E-state index contributed by atoms with van der Waals surface area (Å²) in [5, 5.41) is 3.28. The fraction of sp³-hybridized carbons (Fsp3) is 0.475. The Bertz CT molecular complexity index is 1320. The summed E-state index contributed by atoms with van der Waals surface area (Å²) in [5.74, 6) is -0.345. The Morgan fingerprint density at radius 1 is 1.07 bits per heavy atom. The Morgan fingerprint density at radius 2 is 1.82 bits per heavy atom. The summed E-state index contributed by atoms with van der Waals surface area (Å²) in [7, 11) is 1.97. The van der Waals surface area contributed by atoms with E-state index in [1.807, 2.05) is 7.05 Å². The first-order valence-electron chi connectivity index (χ1n) is 17.0. The number of carbonyl (C=O) groups is 1. The standard InChI is InChI=1S/C40H53FN2O/c1-5-12-31(13-6-2)14-8-7-9-15-32-19-22-33(23-20-32)35-21-18-30(3)36(28-35)39(24-25-42-4)43-26-10-16-34(17-11-27-43)40(44)37-29-38(37)41/h9,14-16,19-24,28,37-38,42H,3,5-8,10-13,17-18,25-27,29H2,1-2,4H3/b15-9+,34-16-,39-24+/t37-,38+/m1/s1. The van der Waals surface area contributed by atoms with Crippen molar-refractivity contribution in [2.24, 2.45) is 5.92 Å². The highest BCUT2D eigenvalue weighted by Crippen LogP contribution is 2.38. The lowest BCUT2D eigenvalue weighted by Gasteiger charge is -2.32. The van der Waals surface area contributed by atoms with Crippen molar-refractivity contribution in [2.45, 2.75) is 90.6 Å². The molecular weight excluding hydrogens is 543 g/mol. The number of allylic oxidation sites excluding steroid dienone is 8. The molecule has 1 fully saturated rings. The summed E-state index contributed by atoms with van der Waals surface area (Å²) in [6.07, 6.45) is 25.7. The van der Waals surface area contributed by atoms with Crippen molar-refractivity contribution in [3.8, 4) is 0 Å². The third-order valence-electron chi connectivity index (χ3n) is 8.86. The van der Waals surface area contributed by atoms with Gasteiger partial charge in [0.1, 0.15) is 6.17 Å². The monoisotopic (exact) mass is 596 g/mol. The molecule has 1 aromatic rings. The van der Waals surface area contributed by atoms with Crippen molar-refractivity contribution >= 4 is 17.4 Å². The average molecular weight is 597 g/mol. The Labute approximate surface area is 266 Å². The van der Waals surface area contributed by atoms with Crippen molar-refractivity contribution in [1.82, 2.24) is 10.2 Å². The molecule has 2 aliphatic carbocycles.